The van der Waals surface area contributed by atoms with Gasteiger partial charge in [-0.25, -0.2) is 4.39 Å². The summed E-state index contributed by atoms with van der Waals surface area (Å²) in [5.74, 6) is -2.40. The summed E-state index contributed by atoms with van der Waals surface area (Å²) in [7, 11) is 0. The number of carbonyl (C=O) groups is 1. The summed E-state index contributed by atoms with van der Waals surface area (Å²) < 4.78 is 54.2. The molecule has 0 aliphatic heterocycles. The molecule has 7 heteroatoms. The number of hydrogen-bond donors (Lipinski definition) is 1. The summed E-state index contributed by atoms with van der Waals surface area (Å²) in [6, 6.07) is 8.77. The first-order chi connectivity index (χ1) is 10.3. The van der Waals surface area contributed by atoms with Gasteiger partial charge in [0.1, 0.15) is 11.6 Å². The van der Waals surface area contributed by atoms with E-state index >= 15 is 0 Å². The van der Waals surface area contributed by atoms with Crippen molar-refractivity contribution >= 4 is 5.97 Å². The molecule has 0 amide bonds. The van der Waals surface area contributed by atoms with Gasteiger partial charge >= 0.3 is 12.3 Å². The van der Waals surface area contributed by atoms with Crippen molar-refractivity contribution in [2.45, 2.75) is 12.8 Å². The van der Waals surface area contributed by atoms with Gasteiger partial charge in [-0.1, -0.05) is 24.3 Å². The number of carboxylic acids is 1. The fourth-order valence-electron chi connectivity index (χ4n) is 2.02. The highest BCUT2D eigenvalue weighted by atomic mass is 19.4. The molecule has 0 spiro atoms. The third-order valence-electron chi connectivity index (χ3n) is 2.82. The molecule has 0 fully saturated rings. The van der Waals surface area contributed by atoms with E-state index in [9.17, 15) is 22.4 Å². The Morgan fingerprint density at radius 2 is 1.77 bits per heavy atom. The van der Waals surface area contributed by atoms with Gasteiger partial charge in [-0.05, 0) is 29.3 Å². The van der Waals surface area contributed by atoms with Gasteiger partial charge in [0.2, 0.25) is 0 Å². The molecule has 3 nitrogen and oxygen atoms in total. The zero-order chi connectivity index (χ0) is 16.3. The molecule has 1 N–H and O–H groups in total. The van der Waals surface area contributed by atoms with Crippen molar-refractivity contribution in [1.29, 1.82) is 0 Å². The number of aliphatic carboxylic acids is 1. The SMILES string of the molecule is O=C(O)Cc1cc(OC(F)(F)F)ccc1-c1ccccc1F. The molecular weight excluding hydrogens is 304 g/mol. The van der Waals surface area contributed by atoms with Gasteiger partial charge in [0.15, 0.2) is 0 Å². The summed E-state index contributed by atoms with van der Waals surface area (Å²) in [4.78, 5) is 10.9. The van der Waals surface area contributed by atoms with Crippen LogP contribution in [0.3, 0.4) is 0 Å². The Morgan fingerprint density at radius 1 is 1.09 bits per heavy atom. The maximum atomic E-state index is 13.8. The predicted molar refractivity (Wildman–Crippen MR) is 69.9 cm³/mol. The minimum Gasteiger partial charge on any atom is -0.481 e. The molecule has 0 atom stereocenters. The first-order valence-electron chi connectivity index (χ1n) is 6.11. The van der Waals surface area contributed by atoms with Crippen LogP contribution in [0.2, 0.25) is 0 Å². The number of ether oxygens (including phenoxy) is 1. The van der Waals surface area contributed by atoms with Crippen LogP contribution in [0.15, 0.2) is 42.5 Å². The second kappa shape index (κ2) is 6.05. The Hall–Kier alpha value is -2.57. The molecule has 0 aliphatic rings. The Labute approximate surface area is 122 Å². The summed E-state index contributed by atoms with van der Waals surface area (Å²) in [6.07, 6.45) is -5.45. The molecule has 22 heavy (non-hydrogen) atoms. The van der Waals surface area contributed by atoms with Crippen molar-refractivity contribution in [2.75, 3.05) is 0 Å². The lowest BCUT2D eigenvalue weighted by molar-refractivity contribution is -0.274. The number of rotatable bonds is 4. The summed E-state index contributed by atoms with van der Waals surface area (Å²) in [5.41, 5.74) is 0.340. The van der Waals surface area contributed by atoms with Crippen molar-refractivity contribution in [1.82, 2.24) is 0 Å². The first-order valence-corrected chi connectivity index (χ1v) is 6.11. The molecule has 0 bridgehead atoms. The molecule has 2 aromatic carbocycles. The second-order valence-corrected chi connectivity index (χ2v) is 4.42. The van der Waals surface area contributed by atoms with E-state index in [1.54, 1.807) is 6.07 Å². The van der Waals surface area contributed by atoms with Gasteiger partial charge in [-0.3, -0.25) is 4.79 Å². The van der Waals surface area contributed by atoms with Crippen LogP contribution in [0.5, 0.6) is 5.75 Å². The highest BCUT2D eigenvalue weighted by molar-refractivity contribution is 5.77. The van der Waals surface area contributed by atoms with Gasteiger partial charge in [0, 0.05) is 5.56 Å². The number of benzene rings is 2. The topological polar surface area (TPSA) is 46.5 Å². The number of halogens is 4. The van der Waals surface area contributed by atoms with E-state index < -0.39 is 30.3 Å². The molecular formula is C15H10F4O3. The molecule has 2 aromatic rings. The molecule has 0 aliphatic carbocycles. The predicted octanol–water partition coefficient (Wildman–Crippen LogP) is 4.02. The van der Waals surface area contributed by atoms with Gasteiger partial charge in [-0.2, -0.15) is 0 Å². The van der Waals surface area contributed by atoms with Crippen LogP contribution in [-0.4, -0.2) is 17.4 Å². The van der Waals surface area contributed by atoms with Crippen LogP contribution < -0.4 is 4.74 Å². The molecule has 2 rings (SSSR count). The van der Waals surface area contributed by atoms with Crippen molar-refractivity contribution in [3.8, 4) is 16.9 Å². The maximum absolute atomic E-state index is 13.8. The Balaban J connectivity index is 2.50. The van der Waals surface area contributed by atoms with E-state index in [4.69, 9.17) is 5.11 Å². The molecule has 0 saturated carbocycles. The fourth-order valence-corrected chi connectivity index (χ4v) is 2.02. The highest BCUT2D eigenvalue weighted by Gasteiger charge is 2.31. The lowest BCUT2D eigenvalue weighted by Gasteiger charge is -2.13. The Kier molecular flexibility index (Phi) is 4.35. The second-order valence-electron chi connectivity index (χ2n) is 4.42. The van der Waals surface area contributed by atoms with Crippen LogP contribution >= 0.6 is 0 Å². The van der Waals surface area contributed by atoms with Gasteiger partial charge in [0.05, 0.1) is 6.42 Å². The quantitative estimate of drug-likeness (QED) is 0.867. The number of carboxylic acid groups (broad SMARTS) is 1. The standard InChI is InChI=1S/C15H10F4O3/c16-13-4-2-1-3-12(13)11-6-5-10(22-15(17,18)19)7-9(11)8-14(20)21/h1-7H,8H2,(H,20,21). The highest BCUT2D eigenvalue weighted by Crippen LogP contribution is 2.31. The molecule has 0 unspecified atom stereocenters. The first kappa shape index (κ1) is 15.8. The molecule has 0 aromatic heterocycles. The lowest BCUT2D eigenvalue weighted by Crippen LogP contribution is -2.17. The zero-order valence-corrected chi connectivity index (χ0v) is 11.0. The van der Waals surface area contributed by atoms with Crippen molar-refractivity contribution in [3.05, 3.63) is 53.8 Å². The monoisotopic (exact) mass is 314 g/mol. The average Bonchev–Trinajstić information content (AvgIpc) is 2.37. The summed E-state index contributed by atoms with van der Waals surface area (Å²) in [6.45, 7) is 0. The van der Waals surface area contributed by atoms with Crippen LogP contribution in [-0.2, 0) is 11.2 Å². The maximum Gasteiger partial charge on any atom is 0.573 e. The van der Waals surface area contributed by atoms with Gasteiger partial charge < -0.3 is 9.84 Å². The minimum absolute atomic E-state index is 0.0272. The molecule has 0 saturated heterocycles. The Morgan fingerprint density at radius 3 is 2.36 bits per heavy atom. The van der Waals surface area contributed by atoms with Crippen LogP contribution in [0.25, 0.3) is 11.1 Å². The largest absolute Gasteiger partial charge is 0.573 e. The third-order valence-corrected chi connectivity index (χ3v) is 2.82. The minimum atomic E-state index is -4.89. The van der Waals surface area contributed by atoms with E-state index in [-0.39, 0.29) is 16.7 Å². The van der Waals surface area contributed by atoms with E-state index in [2.05, 4.69) is 4.74 Å². The molecule has 116 valence electrons. The fraction of sp³-hybridized carbons (Fsp3) is 0.133. The van der Waals surface area contributed by atoms with Crippen molar-refractivity contribution in [3.63, 3.8) is 0 Å². The summed E-state index contributed by atoms with van der Waals surface area (Å²) >= 11 is 0. The molecule has 0 radical (unpaired) electrons. The van der Waals surface area contributed by atoms with Crippen molar-refractivity contribution < 1.29 is 32.2 Å². The third kappa shape index (κ3) is 3.97. The Bertz CT molecular complexity index is 695. The van der Waals surface area contributed by atoms with E-state index in [1.165, 1.54) is 24.3 Å². The lowest BCUT2D eigenvalue weighted by atomic mass is 9.97. The average molecular weight is 314 g/mol. The smallest absolute Gasteiger partial charge is 0.481 e. The van der Waals surface area contributed by atoms with E-state index in [1.807, 2.05) is 0 Å². The van der Waals surface area contributed by atoms with Crippen LogP contribution in [0.1, 0.15) is 5.56 Å². The van der Waals surface area contributed by atoms with Crippen LogP contribution in [0, 0.1) is 5.82 Å². The van der Waals surface area contributed by atoms with Gasteiger partial charge in [0.25, 0.3) is 0 Å². The molecule has 0 heterocycles. The zero-order valence-electron chi connectivity index (χ0n) is 11.0. The van der Waals surface area contributed by atoms with E-state index in [0.29, 0.717) is 0 Å². The van der Waals surface area contributed by atoms with Gasteiger partial charge in [-0.15, -0.1) is 13.2 Å². The number of hydrogen-bond acceptors (Lipinski definition) is 2. The van der Waals surface area contributed by atoms with Crippen LogP contribution in [0.4, 0.5) is 17.6 Å². The normalized spacial score (nSPS) is 11.3. The van der Waals surface area contributed by atoms with Crippen molar-refractivity contribution in [2.24, 2.45) is 0 Å². The summed E-state index contributed by atoms with van der Waals surface area (Å²) in [5, 5.41) is 8.87. The van der Waals surface area contributed by atoms with E-state index in [0.717, 1.165) is 12.1 Å². The number of alkyl halides is 3.